The molecule has 0 fully saturated rings. The Morgan fingerprint density at radius 1 is 1.16 bits per heavy atom. The summed E-state index contributed by atoms with van der Waals surface area (Å²) in [5, 5.41) is -0.000918. The molecular formula is C14H12ClF2NO. The highest BCUT2D eigenvalue weighted by atomic mass is 35.5. The van der Waals surface area contributed by atoms with E-state index in [9.17, 15) is 8.78 Å². The van der Waals surface area contributed by atoms with Crippen molar-refractivity contribution in [1.82, 2.24) is 0 Å². The third-order valence-corrected chi connectivity index (χ3v) is 2.89. The monoisotopic (exact) mass is 283 g/mol. The van der Waals surface area contributed by atoms with Crippen LogP contribution in [0.1, 0.15) is 18.5 Å². The van der Waals surface area contributed by atoms with E-state index in [1.165, 1.54) is 24.3 Å². The van der Waals surface area contributed by atoms with Gasteiger partial charge < -0.3 is 10.5 Å². The molecule has 0 saturated carbocycles. The molecule has 5 heteroatoms. The van der Waals surface area contributed by atoms with E-state index in [1.807, 2.05) is 0 Å². The third-order valence-electron chi connectivity index (χ3n) is 2.59. The number of hydrogen-bond acceptors (Lipinski definition) is 2. The fraction of sp³-hybridized carbons (Fsp3) is 0.143. The summed E-state index contributed by atoms with van der Waals surface area (Å²) in [4.78, 5) is 0. The van der Waals surface area contributed by atoms with Crippen LogP contribution in [0, 0.1) is 11.6 Å². The van der Waals surface area contributed by atoms with Crippen LogP contribution in [0.2, 0.25) is 5.02 Å². The molecule has 0 aliphatic carbocycles. The second kappa shape index (κ2) is 5.55. The Balaban J connectivity index is 2.38. The lowest BCUT2D eigenvalue weighted by molar-refractivity contribution is 0.456. The van der Waals surface area contributed by atoms with Gasteiger partial charge >= 0.3 is 0 Å². The fourth-order valence-corrected chi connectivity index (χ4v) is 1.83. The lowest BCUT2D eigenvalue weighted by Gasteiger charge is -2.14. The summed E-state index contributed by atoms with van der Waals surface area (Å²) in [7, 11) is 0. The molecule has 0 bridgehead atoms. The van der Waals surface area contributed by atoms with E-state index in [1.54, 1.807) is 13.0 Å². The Bertz CT molecular complexity index is 602. The summed E-state index contributed by atoms with van der Waals surface area (Å²) in [6.45, 7) is 1.65. The van der Waals surface area contributed by atoms with E-state index >= 15 is 0 Å². The predicted octanol–water partition coefficient (Wildman–Crippen LogP) is 4.43. The molecule has 0 heterocycles. The first-order valence-electron chi connectivity index (χ1n) is 5.66. The van der Waals surface area contributed by atoms with Crippen LogP contribution in [0.5, 0.6) is 11.5 Å². The van der Waals surface area contributed by atoms with Crippen molar-refractivity contribution in [3.63, 3.8) is 0 Å². The number of ether oxygens (including phenoxy) is 1. The van der Waals surface area contributed by atoms with Gasteiger partial charge in [-0.2, -0.15) is 0 Å². The zero-order chi connectivity index (χ0) is 14.0. The topological polar surface area (TPSA) is 35.2 Å². The van der Waals surface area contributed by atoms with Crippen molar-refractivity contribution < 1.29 is 13.5 Å². The van der Waals surface area contributed by atoms with Crippen LogP contribution in [0.15, 0.2) is 36.4 Å². The van der Waals surface area contributed by atoms with Gasteiger partial charge in [0, 0.05) is 17.7 Å². The van der Waals surface area contributed by atoms with Gasteiger partial charge in [-0.1, -0.05) is 17.7 Å². The van der Waals surface area contributed by atoms with E-state index in [0.717, 1.165) is 6.07 Å². The molecule has 2 aromatic rings. The molecule has 0 radical (unpaired) electrons. The van der Waals surface area contributed by atoms with Crippen LogP contribution in [-0.2, 0) is 0 Å². The minimum absolute atomic E-state index is 0.000918. The first-order chi connectivity index (χ1) is 8.99. The molecule has 0 aromatic heterocycles. The van der Waals surface area contributed by atoms with Crippen LogP contribution >= 0.6 is 11.6 Å². The third kappa shape index (κ3) is 3.03. The normalized spacial score (nSPS) is 12.3. The number of rotatable bonds is 3. The zero-order valence-corrected chi connectivity index (χ0v) is 10.9. The Morgan fingerprint density at radius 3 is 2.53 bits per heavy atom. The number of hydrogen-bond donors (Lipinski definition) is 1. The molecule has 2 nitrogen and oxygen atoms in total. The molecule has 2 N–H and O–H groups in total. The van der Waals surface area contributed by atoms with Crippen LogP contribution in [0.25, 0.3) is 0 Å². The Kier molecular flexibility index (Phi) is 4.02. The largest absolute Gasteiger partial charge is 0.457 e. The molecule has 19 heavy (non-hydrogen) atoms. The molecule has 1 atom stereocenters. The average molecular weight is 284 g/mol. The van der Waals surface area contributed by atoms with Crippen molar-refractivity contribution in [3.05, 3.63) is 58.6 Å². The van der Waals surface area contributed by atoms with Gasteiger partial charge in [0.1, 0.15) is 23.1 Å². The fourth-order valence-electron chi connectivity index (χ4n) is 1.72. The average Bonchev–Trinajstić information content (AvgIpc) is 2.33. The maximum Gasteiger partial charge on any atom is 0.145 e. The summed E-state index contributed by atoms with van der Waals surface area (Å²) in [5.41, 5.74) is 5.96. The van der Waals surface area contributed by atoms with Crippen LogP contribution in [-0.4, -0.2) is 0 Å². The summed E-state index contributed by atoms with van der Waals surface area (Å²) in [6, 6.07) is 7.86. The van der Waals surface area contributed by atoms with E-state index in [4.69, 9.17) is 22.1 Å². The van der Waals surface area contributed by atoms with Crippen LogP contribution < -0.4 is 10.5 Å². The number of halogens is 3. The van der Waals surface area contributed by atoms with Crippen molar-refractivity contribution in [2.75, 3.05) is 0 Å². The maximum absolute atomic E-state index is 13.7. The molecule has 0 aliphatic heterocycles. The van der Waals surface area contributed by atoms with E-state index < -0.39 is 17.7 Å². The van der Waals surface area contributed by atoms with Gasteiger partial charge in [-0.05, 0) is 31.2 Å². The summed E-state index contributed by atoms with van der Waals surface area (Å²) >= 11 is 5.58. The number of nitrogens with two attached hydrogens (primary N) is 1. The summed E-state index contributed by atoms with van der Waals surface area (Å²) in [6.07, 6.45) is 0. The van der Waals surface area contributed by atoms with E-state index in [-0.39, 0.29) is 22.1 Å². The summed E-state index contributed by atoms with van der Waals surface area (Å²) < 4.78 is 32.5. The van der Waals surface area contributed by atoms with Crippen molar-refractivity contribution in [1.29, 1.82) is 0 Å². The first-order valence-corrected chi connectivity index (χ1v) is 6.03. The lowest BCUT2D eigenvalue weighted by atomic mass is 10.1. The smallest absolute Gasteiger partial charge is 0.145 e. The van der Waals surface area contributed by atoms with Crippen LogP contribution in [0.3, 0.4) is 0 Å². The van der Waals surface area contributed by atoms with Gasteiger partial charge in [0.15, 0.2) is 0 Å². The Morgan fingerprint density at radius 2 is 1.89 bits per heavy atom. The standard InChI is InChI=1S/C14H12ClF2NO/c1-8(18)14-11(16)3-2-4-13(14)19-9-5-6-10(15)12(17)7-9/h2-8H,18H2,1H3/t8-/m0/s1. The van der Waals surface area contributed by atoms with Crippen molar-refractivity contribution in [2.45, 2.75) is 13.0 Å². The molecular weight excluding hydrogens is 272 g/mol. The minimum atomic E-state index is -0.599. The van der Waals surface area contributed by atoms with Gasteiger partial charge in [-0.3, -0.25) is 0 Å². The Hall–Kier alpha value is -1.65. The van der Waals surface area contributed by atoms with Crippen molar-refractivity contribution >= 4 is 11.6 Å². The Labute approximate surface area is 114 Å². The highest BCUT2D eigenvalue weighted by Crippen LogP contribution is 2.31. The second-order valence-electron chi connectivity index (χ2n) is 4.12. The highest BCUT2D eigenvalue weighted by molar-refractivity contribution is 6.30. The van der Waals surface area contributed by atoms with Crippen molar-refractivity contribution in [3.8, 4) is 11.5 Å². The van der Waals surface area contributed by atoms with Gasteiger partial charge in [0.25, 0.3) is 0 Å². The molecule has 2 aromatic carbocycles. The maximum atomic E-state index is 13.7. The van der Waals surface area contributed by atoms with Gasteiger partial charge in [0.05, 0.1) is 5.02 Å². The van der Waals surface area contributed by atoms with Gasteiger partial charge in [-0.15, -0.1) is 0 Å². The van der Waals surface area contributed by atoms with Crippen molar-refractivity contribution in [2.24, 2.45) is 5.73 Å². The van der Waals surface area contributed by atoms with E-state index in [0.29, 0.717) is 0 Å². The molecule has 0 aliphatic rings. The SMILES string of the molecule is C[C@H](N)c1c(F)cccc1Oc1ccc(Cl)c(F)c1. The molecule has 0 unspecified atom stereocenters. The molecule has 100 valence electrons. The van der Waals surface area contributed by atoms with Crippen LogP contribution in [0.4, 0.5) is 8.78 Å². The molecule has 0 amide bonds. The van der Waals surface area contributed by atoms with E-state index in [2.05, 4.69) is 0 Å². The van der Waals surface area contributed by atoms with Gasteiger partial charge in [0.2, 0.25) is 0 Å². The predicted molar refractivity (Wildman–Crippen MR) is 70.5 cm³/mol. The zero-order valence-electron chi connectivity index (χ0n) is 10.2. The lowest BCUT2D eigenvalue weighted by Crippen LogP contribution is -2.09. The second-order valence-corrected chi connectivity index (χ2v) is 4.53. The quantitative estimate of drug-likeness (QED) is 0.904. The van der Waals surface area contributed by atoms with Gasteiger partial charge in [-0.25, -0.2) is 8.78 Å². The molecule has 0 saturated heterocycles. The minimum Gasteiger partial charge on any atom is -0.457 e. The highest BCUT2D eigenvalue weighted by Gasteiger charge is 2.14. The molecule has 0 spiro atoms. The number of benzene rings is 2. The molecule has 2 rings (SSSR count). The first kappa shape index (κ1) is 13.8. The summed E-state index contributed by atoms with van der Waals surface area (Å²) in [5.74, 6) is -0.564.